The van der Waals surface area contributed by atoms with Gasteiger partial charge in [0.15, 0.2) is 0 Å². The predicted molar refractivity (Wildman–Crippen MR) is 77.5 cm³/mol. The number of nitrogens with zero attached hydrogens (tertiary/aromatic N) is 1. The van der Waals surface area contributed by atoms with Crippen LogP contribution < -0.4 is 10.1 Å². The summed E-state index contributed by atoms with van der Waals surface area (Å²) in [7, 11) is 1.32. The molecule has 1 heterocycles. The van der Waals surface area contributed by atoms with E-state index < -0.39 is 6.61 Å². The highest BCUT2D eigenvalue weighted by Crippen LogP contribution is 2.17. The summed E-state index contributed by atoms with van der Waals surface area (Å²) in [6, 6.07) is 5.55. The number of methoxy groups -OCH3 is 1. The number of amides is 2. The summed E-state index contributed by atoms with van der Waals surface area (Å²) in [4.78, 5) is 25.1. The topological polar surface area (TPSA) is 67.9 Å². The second-order valence-electron chi connectivity index (χ2n) is 5.11. The fourth-order valence-corrected chi connectivity index (χ4v) is 2.42. The van der Waals surface area contributed by atoms with Gasteiger partial charge in [0.1, 0.15) is 5.75 Å². The summed E-state index contributed by atoms with van der Waals surface area (Å²) in [5, 5.41) is 2.83. The van der Waals surface area contributed by atoms with E-state index in [9.17, 15) is 18.4 Å². The average molecular weight is 328 g/mol. The van der Waals surface area contributed by atoms with Crippen LogP contribution in [0.25, 0.3) is 0 Å². The highest BCUT2D eigenvalue weighted by atomic mass is 19.3. The maximum Gasteiger partial charge on any atom is 0.409 e. The van der Waals surface area contributed by atoms with E-state index in [0.717, 1.165) is 0 Å². The SMILES string of the molecule is COC(=O)N1CCC(NC(=O)c2cccc(OC(F)F)c2)CC1. The zero-order valence-electron chi connectivity index (χ0n) is 12.6. The smallest absolute Gasteiger partial charge is 0.409 e. The Kier molecular flexibility index (Phi) is 5.72. The zero-order chi connectivity index (χ0) is 16.8. The van der Waals surface area contributed by atoms with Crippen molar-refractivity contribution in [2.45, 2.75) is 25.5 Å². The monoisotopic (exact) mass is 328 g/mol. The number of likely N-dealkylation sites (tertiary alicyclic amines) is 1. The Hall–Kier alpha value is -2.38. The number of piperidine rings is 1. The lowest BCUT2D eigenvalue weighted by Crippen LogP contribution is -2.46. The molecule has 1 N–H and O–H groups in total. The van der Waals surface area contributed by atoms with Crippen molar-refractivity contribution < 1.29 is 27.8 Å². The second-order valence-corrected chi connectivity index (χ2v) is 5.11. The first-order valence-corrected chi connectivity index (χ1v) is 7.18. The van der Waals surface area contributed by atoms with Crippen molar-refractivity contribution in [3.8, 4) is 5.75 Å². The van der Waals surface area contributed by atoms with Gasteiger partial charge in [-0.25, -0.2) is 4.79 Å². The number of alkyl halides is 2. The first-order valence-electron chi connectivity index (χ1n) is 7.18. The minimum Gasteiger partial charge on any atom is -0.453 e. The van der Waals surface area contributed by atoms with Crippen LogP contribution in [0.4, 0.5) is 13.6 Å². The van der Waals surface area contributed by atoms with Gasteiger partial charge in [-0.3, -0.25) is 4.79 Å². The number of benzene rings is 1. The van der Waals surface area contributed by atoms with E-state index in [2.05, 4.69) is 14.8 Å². The first kappa shape index (κ1) is 17.0. The summed E-state index contributed by atoms with van der Waals surface area (Å²) in [6.07, 6.45) is 0.828. The van der Waals surface area contributed by atoms with E-state index in [1.165, 1.54) is 31.4 Å². The summed E-state index contributed by atoms with van der Waals surface area (Å²) in [5.74, 6) is -0.422. The van der Waals surface area contributed by atoms with Gasteiger partial charge in [0.05, 0.1) is 7.11 Å². The van der Waals surface area contributed by atoms with Crippen molar-refractivity contribution in [1.82, 2.24) is 10.2 Å². The average Bonchev–Trinajstić information content (AvgIpc) is 2.54. The number of nitrogens with one attached hydrogen (secondary N) is 1. The normalized spacial score (nSPS) is 15.4. The second kappa shape index (κ2) is 7.75. The van der Waals surface area contributed by atoms with Gasteiger partial charge in [-0.1, -0.05) is 6.07 Å². The molecule has 0 radical (unpaired) electrons. The van der Waals surface area contributed by atoms with Crippen molar-refractivity contribution in [3.05, 3.63) is 29.8 Å². The van der Waals surface area contributed by atoms with Crippen LogP contribution >= 0.6 is 0 Å². The molecule has 0 aromatic heterocycles. The molecule has 8 heteroatoms. The van der Waals surface area contributed by atoms with E-state index in [1.807, 2.05) is 0 Å². The van der Waals surface area contributed by atoms with Gasteiger partial charge in [0.2, 0.25) is 0 Å². The van der Waals surface area contributed by atoms with Gasteiger partial charge in [0.25, 0.3) is 5.91 Å². The van der Waals surface area contributed by atoms with Crippen LogP contribution in [0.3, 0.4) is 0 Å². The van der Waals surface area contributed by atoms with Crippen molar-refractivity contribution >= 4 is 12.0 Å². The Balaban J connectivity index is 1.89. The van der Waals surface area contributed by atoms with Crippen molar-refractivity contribution in [2.24, 2.45) is 0 Å². The molecule has 0 aliphatic carbocycles. The highest BCUT2D eigenvalue weighted by Gasteiger charge is 2.24. The quantitative estimate of drug-likeness (QED) is 0.920. The van der Waals surface area contributed by atoms with Crippen LogP contribution in [0.5, 0.6) is 5.75 Å². The Morgan fingerprint density at radius 3 is 2.61 bits per heavy atom. The number of halogens is 2. The van der Waals surface area contributed by atoms with E-state index >= 15 is 0 Å². The van der Waals surface area contributed by atoms with E-state index in [1.54, 1.807) is 4.90 Å². The minimum absolute atomic E-state index is 0.0619. The third-order valence-electron chi connectivity index (χ3n) is 3.58. The van der Waals surface area contributed by atoms with E-state index in [4.69, 9.17) is 0 Å². The summed E-state index contributed by atoms with van der Waals surface area (Å²) in [6.45, 7) is -1.95. The molecule has 1 aromatic rings. The molecule has 2 rings (SSSR count). The number of ether oxygens (including phenoxy) is 2. The zero-order valence-corrected chi connectivity index (χ0v) is 12.6. The third kappa shape index (κ3) is 4.80. The molecule has 126 valence electrons. The molecule has 0 bridgehead atoms. The predicted octanol–water partition coefficient (Wildman–Crippen LogP) is 2.25. The van der Waals surface area contributed by atoms with Crippen LogP contribution in [0.1, 0.15) is 23.2 Å². The Labute approximate surface area is 132 Å². The molecule has 1 aromatic carbocycles. The maximum absolute atomic E-state index is 12.2. The van der Waals surface area contributed by atoms with Crippen LogP contribution in [0.2, 0.25) is 0 Å². The fraction of sp³-hybridized carbons (Fsp3) is 0.467. The van der Waals surface area contributed by atoms with Crippen molar-refractivity contribution in [3.63, 3.8) is 0 Å². The number of carbonyl (C=O) groups is 2. The molecule has 1 aliphatic heterocycles. The fourth-order valence-electron chi connectivity index (χ4n) is 2.42. The van der Waals surface area contributed by atoms with Crippen molar-refractivity contribution in [2.75, 3.05) is 20.2 Å². The van der Waals surface area contributed by atoms with Gasteiger partial charge in [-0.2, -0.15) is 8.78 Å². The number of hydrogen-bond donors (Lipinski definition) is 1. The van der Waals surface area contributed by atoms with Crippen LogP contribution in [-0.4, -0.2) is 49.8 Å². The van der Waals surface area contributed by atoms with Crippen molar-refractivity contribution in [1.29, 1.82) is 0 Å². The lowest BCUT2D eigenvalue weighted by atomic mass is 10.0. The molecule has 1 aliphatic rings. The molecule has 0 unspecified atom stereocenters. The van der Waals surface area contributed by atoms with Crippen LogP contribution in [-0.2, 0) is 4.74 Å². The van der Waals surface area contributed by atoms with Gasteiger partial charge in [-0.05, 0) is 31.0 Å². The largest absolute Gasteiger partial charge is 0.453 e. The molecule has 1 fully saturated rings. The maximum atomic E-state index is 12.2. The molecule has 0 atom stereocenters. The van der Waals surface area contributed by atoms with Gasteiger partial charge in [0, 0.05) is 24.7 Å². The van der Waals surface area contributed by atoms with Gasteiger partial charge >= 0.3 is 12.7 Å². The Bertz CT molecular complexity index is 560. The minimum atomic E-state index is -2.93. The lowest BCUT2D eigenvalue weighted by molar-refractivity contribution is -0.0498. The number of hydrogen-bond acceptors (Lipinski definition) is 4. The standard InChI is InChI=1S/C15H18F2N2O4/c1-22-15(21)19-7-5-11(6-8-19)18-13(20)10-3-2-4-12(9-10)23-14(16)17/h2-4,9,11,14H,5-8H2,1H3,(H,18,20). The number of rotatable bonds is 4. The summed E-state index contributed by atoms with van der Waals surface area (Å²) < 4.78 is 33.3. The summed E-state index contributed by atoms with van der Waals surface area (Å²) >= 11 is 0. The van der Waals surface area contributed by atoms with Gasteiger partial charge < -0.3 is 19.7 Å². The van der Waals surface area contributed by atoms with E-state index in [0.29, 0.717) is 25.9 Å². The first-order chi connectivity index (χ1) is 11.0. The molecular weight excluding hydrogens is 310 g/mol. The lowest BCUT2D eigenvalue weighted by Gasteiger charge is -2.31. The molecule has 0 saturated carbocycles. The number of carbonyl (C=O) groups excluding carboxylic acids is 2. The molecular formula is C15H18F2N2O4. The van der Waals surface area contributed by atoms with Gasteiger partial charge in [-0.15, -0.1) is 0 Å². The summed E-state index contributed by atoms with van der Waals surface area (Å²) in [5.41, 5.74) is 0.249. The van der Waals surface area contributed by atoms with Crippen LogP contribution in [0, 0.1) is 0 Å². The third-order valence-corrected chi connectivity index (χ3v) is 3.58. The molecule has 23 heavy (non-hydrogen) atoms. The van der Waals surface area contributed by atoms with E-state index in [-0.39, 0.29) is 29.4 Å². The molecule has 6 nitrogen and oxygen atoms in total. The molecule has 0 spiro atoms. The Morgan fingerprint density at radius 2 is 2.00 bits per heavy atom. The molecule has 2 amide bonds. The Morgan fingerprint density at radius 1 is 1.30 bits per heavy atom. The van der Waals surface area contributed by atoms with Crippen LogP contribution in [0.15, 0.2) is 24.3 Å². The molecule has 1 saturated heterocycles. The highest BCUT2D eigenvalue weighted by molar-refractivity contribution is 5.94.